The maximum atomic E-state index is 5.84. The van der Waals surface area contributed by atoms with E-state index in [9.17, 15) is 0 Å². The van der Waals surface area contributed by atoms with E-state index in [0.717, 1.165) is 24.7 Å². The molecule has 0 unspecified atom stereocenters. The van der Waals surface area contributed by atoms with Crippen molar-refractivity contribution in [3.8, 4) is 16.9 Å². The highest BCUT2D eigenvalue weighted by Gasteiger charge is 2.22. The van der Waals surface area contributed by atoms with Gasteiger partial charge >= 0.3 is 0 Å². The Balaban J connectivity index is 1.40. The van der Waals surface area contributed by atoms with Gasteiger partial charge in [-0.2, -0.15) is 0 Å². The van der Waals surface area contributed by atoms with Crippen LogP contribution in [0.25, 0.3) is 11.1 Å². The van der Waals surface area contributed by atoms with Gasteiger partial charge in [-0.1, -0.05) is 89.8 Å². The highest BCUT2D eigenvalue weighted by molar-refractivity contribution is 5.63. The van der Waals surface area contributed by atoms with Crippen LogP contribution in [0.5, 0.6) is 5.75 Å². The highest BCUT2D eigenvalue weighted by Crippen LogP contribution is 2.37. The van der Waals surface area contributed by atoms with Crippen molar-refractivity contribution in [2.24, 2.45) is 5.92 Å². The molecule has 0 spiro atoms. The Morgan fingerprint density at radius 3 is 2.06 bits per heavy atom. The predicted octanol–water partition coefficient (Wildman–Crippen LogP) is 9.34. The largest absolute Gasteiger partial charge is 0.494 e. The Morgan fingerprint density at radius 1 is 0.719 bits per heavy atom. The third-order valence-corrected chi connectivity index (χ3v) is 7.22. The summed E-state index contributed by atoms with van der Waals surface area (Å²) < 4.78 is 5.84. The summed E-state index contributed by atoms with van der Waals surface area (Å²) in [5, 5.41) is 0. The number of hydrogen-bond donors (Lipinski definition) is 0. The number of benzene rings is 1. The van der Waals surface area contributed by atoms with Gasteiger partial charge in [0.05, 0.1) is 6.61 Å². The maximum Gasteiger partial charge on any atom is 0.119 e. The quantitative estimate of drug-likeness (QED) is 0.276. The molecule has 0 N–H and O–H groups in total. The summed E-state index contributed by atoms with van der Waals surface area (Å²) in [6, 6.07) is 13.0. The van der Waals surface area contributed by atoms with Crippen LogP contribution in [-0.2, 0) is 0 Å². The number of aromatic nitrogens is 1. The maximum absolute atomic E-state index is 5.84. The fraction of sp³-hybridized carbons (Fsp3) is 0.633. The van der Waals surface area contributed by atoms with Gasteiger partial charge in [-0.05, 0) is 61.8 Å². The van der Waals surface area contributed by atoms with Crippen molar-refractivity contribution in [2.75, 3.05) is 6.61 Å². The molecule has 2 aromatic rings. The van der Waals surface area contributed by atoms with E-state index in [4.69, 9.17) is 9.72 Å². The van der Waals surface area contributed by atoms with Crippen LogP contribution in [0.1, 0.15) is 115 Å². The molecule has 0 atom stereocenters. The Hall–Kier alpha value is -1.83. The summed E-state index contributed by atoms with van der Waals surface area (Å²) >= 11 is 0. The molecule has 1 aliphatic rings. The SMILES string of the molecule is CCCCCCCC[C@H]1CC[C@H](c2ccc(-c3ccc(OCCCCC)cc3)cn2)CC1. The lowest BCUT2D eigenvalue weighted by atomic mass is 9.78. The van der Waals surface area contributed by atoms with E-state index in [2.05, 4.69) is 56.4 Å². The standard InChI is InChI=1S/C30H45NO/c1-3-5-7-8-9-10-12-25-13-15-27(16-14-25)30-22-19-28(24-31-30)26-17-20-29(21-18-26)32-23-11-6-4-2/h17-22,24-25,27H,3-16,23H2,1-2H3/t25-,27-. The number of hydrogen-bond acceptors (Lipinski definition) is 2. The Labute approximate surface area is 197 Å². The zero-order valence-electron chi connectivity index (χ0n) is 20.7. The summed E-state index contributed by atoms with van der Waals surface area (Å²) in [6.07, 6.45) is 21.0. The number of rotatable bonds is 14. The van der Waals surface area contributed by atoms with Gasteiger partial charge in [-0.15, -0.1) is 0 Å². The average Bonchev–Trinajstić information content (AvgIpc) is 2.85. The first kappa shape index (κ1) is 24.8. The molecule has 0 radical (unpaired) electrons. The summed E-state index contributed by atoms with van der Waals surface area (Å²) in [7, 11) is 0. The topological polar surface area (TPSA) is 22.1 Å². The van der Waals surface area contributed by atoms with Crippen LogP contribution >= 0.6 is 0 Å². The molecule has 2 heteroatoms. The molecule has 3 rings (SSSR count). The van der Waals surface area contributed by atoms with Crippen molar-refractivity contribution in [1.82, 2.24) is 4.98 Å². The lowest BCUT2D eigenvalue weighted by Crippen LogP contribution is -2.14. The minimum atomic E-state index is 0.656. The van der Waals surface area contributed by atoms with Crippen molar-refractivity contribution in [3.63, 3.8) is 0 Å². The van der Waals surface area contributed by atoms with Crippen LogP contribution in [0.4, 0.5) is 0 Å². The van der Waals surface area contributed by atoms with E-state index >= 15 is 0 Å². The number of nitrogens with zero attached hydrogens (tertiary/aromatic N) is 1. The third-order valence-electron chi connectivity index (χ3n) is 7.22. The molecule has 0 saturated heterocycles. The Kier molecular flexibility index (Phi) is 11.1. The molecule has 1 saturated carbocycles. The summed E-state index contributed by atoms with van der Waals surface area (Å²) in [4.78, 5) is 4.87. The van der Waals surface area contributed by atoms with E-state index in [-0.39, 0.29) is 0 Å². The molecule has 1 aliphatic carbocycles. The van der Waals surface area contributed by atoms with E-state index in [1.165, 1.54) is 100 Å². The Morgan fingerprint density at radius 2 is 1.38 bits per heavy atom. The number of pyridine rings is 1. The van der Waals surface area contributed by atoms with Gasteiger partial charge in [0.1, 0.15) is 5.75 Å². The minimum absolute atomic E-state index is 0.656. The first-order valence-corrected chi connectivity index (χ1v) is 13.5. The third kappa shape index (κ3) is 8.26. The van der Waals surface area contributed by atoms with Gasteiger partial charge in [0.15, 0.2) is 0 Å². The highest BCUT2D eigenvalue weighted by atomic mass is 16.5. The fourth-order valence-corrected chi connectivity index (χ4v) is 5.06. The van der Waals surface area contributed by atoms with Crippen molar-refractivity contribution in [3.05, 3.63) is 48.3 Å². The normalized spacial score (nSPS) is 18.6. The second-order valence-electron chi connectivity index (χ2n) is 9.83. The molecular weight excluding hydrogens is 390 g/mol. The van der Waals surface area contributed by atoms with Gasteiger partial charge in [0.25, 0.3) is 0 Å². The van der Waals surface area contributed by atoms with Gasteiger partial charge in [0, 0.05) is 23.4 Å². The summed E-state index contributed by atoms with van der Waals surface area (Å²) in [5.41, 5.74) is 3.71. The molecule has 32 heavy (non-hydrogen) atoms. The van der Waals surface area contributed by atoms with Gasteiger partial charge in [-0.3, -0.25) is 4.98 Å². The van der Waals surface area contributed by atoms with Crippen LogP contribution in [0.3, 0.4) is 0 Å². The zero-order chi connectivity index (χ0) is 22.4. The van der Waals surface area contributed by atoms with Crippen LogP contribution in [0.15, 0.2) is 42.6 Å². The molecule has 1 aromatic carbocycles. The van der Waals surface area contributed by atoms with E-state index in [0.29, 0.717) is 5.92 Å². The summed E-state index contributed by atoms with van der Waals surface area (Å²) in [6.45, 7) is 5.32. The first-order valence-electron chi connectivity index (χ1n) is 13.5. The molecule has 176 valence electrons. The van der Waals surface area contributed by atoms with Crippen LogP contribution in [0.2, 0.25) is 0 Å². The van der Waals surface area contributed by atoms with E-state index < -0.39 is 0 Å². The molecule has 1 aromatic heterocycles. The van der Waals surface area contributed by atoms with Crippen molar-refractivity contribution in [1.29, 1.82) is 0 Å². The first-order chi connectivity index (χ1) is 15.8. The van der Waals surface area contributed by atoms with Gasteiger partial charge < -0.3 is 4.74 Å². The van der Waals surface area contributed by atoms with Crippen LogP contribution < -0.4 is 4.74 Å². The Bertz CT molecular complexity index is 728. The van der Waals surface area contributed by atoms with Crippen molar-refractivity contribution < 1.29 is 4.74 Å². The van der Waals surface area contributed by atoms with Crippen molar-refractivity contribution in [2.45, 2.75) is 110 Å². The van der Waals surface area contributed by atoms with Gasteiger partial charge in [0.2, 0.25) is 0 Å². The monoisotopic (exact) mass is 435 g/mol. The second kappa shape index (κ2) is 14.3. The lowest BCUT2D eigenvalue weighted by Gasteiger charge is -2.28. The fourth-order valence-electron chi connectivity index (χ4n) is 5.06. The zero-order valence-corrected chi connectivity index (χ0v) is 20.7. The molecular formula is C30H45NO. The predicted molar refractivity (Wildman–Crippen MR) is 137 cm³/mol. The molecule has 1 heterocycles. The molecule has 0 bridgehead atoms. The van der Waals surface area contributed by atoms with E-state index in [1.54, 1.807) is 0 Å². The average molecular weight is 436 g/mol. The van der Waals surface area contributed by atoms with E-state index in [1.807, 2.05) is 0 Å². The minimum Gasteiger partial charge on any atom is -0.494 e. The number of unbranched alkanes of at least 4 members (excludes halogenated alkanes) is 7. The smallest absolute Gasteiger partial charge is 0.119 e. The van der Waals surface area contributed by atoms with Crippen molar-refractivity contribution >= 4 is 0 Å². The lowest BCUT2D eigenvalue weighted by molar-refractivity contribution is 0.299. The molecule has 0 amide bonds. The number of ether oxygens (including phenoxy) is 1. The molecule has 1 fully saturated rings. The van der Waals surface area contributed by atoms with Crippen LogP contribution in [-0.4, -0.2) is 11.6 Å². The van der Waals surface area contributed by atoms with Gasteiger partial charge in [-0.25, -0.2) is 0 Å². The molecule has 0 aliphatic heterocycles. The second-order valence-corrected chi connectivity index (χ2v) is 9.83. The summed E-state index contributed by atoms with van der Waals surface area (Å²) in [5.74, 6) is 2.58. The van der Waals surface area contributed by atoms with Crippen LogP contribution in [0, 0.1) is 5.92 Å². The molecule has 2 nitrogen and oxygen atoms in total.